The molecule has 1 aliphatic carbocycles. The number of carbonyl (C=O) groups excluding carboxylic acids is 3. The minimum Gasteiger partial charge on any atom is -0.324 e. The van der Waals surface area contributed by atoms with Crippen LogP contribution in [0.5, 0.6) is 0 Å². The Bertz CT molecular complexity index is 980. The van der Waals surface area contributed by atoms with Crippen LogP contribution < -0.4 is 16.0 Å². The fourth-order valence-corrected chi connectivity index (χ4v) is 4.12. The summed E-state index contributed by atoms with van der Waals surface area (Å²) in [7, 11) is 0. The number of hydrogen-bond acceptors (Lipinski definition) is 4. The summed E-state index contributed by atoms with van der Waals surface area (Å²) in [5.41, 5.74) is 2.46. The van der Waals surface area contributed by atoms with Crippen molar-refractivity contribution in [2.24, 2.45) is 0 Å². The second-order valence-corrected chi connectivity index (χ2v) is 7.37. The SMILES string of the molecule is CCNCc1ccccc1NC(=O)CN1C(=O)NC2(CCc3ccccc32)C1=O.Cl. The predicted molar refractivity (Wildman–Crippen MR) is 116 cm³/mol. The summed E-state index contributed by atoms with van der Waals surface area (Å²) >= 11 is 0. The Morgan fingerprint density at radius 1 is 1.13 bits per heavy atom. The van der Waals surface area contributed by atoms with Gasteiger partial charge in [0, 0.05) is 12.2 Å². The number of amides is 4. The van der Waals surface area contributed by atoms with Crippen LogP contribution in [-0.4, -0.2) is 35.8 Å². The topological polar surface area (TPSA) is 90.5 Å². The molecule has 0 aromatic heterocycles. The van der Waals surface area contributed by atoms with Gasteiger partial charge in [-0.3, -0.25) is 14.5 Å². The zero-order chi connectivity index (χ0) is 20.4. The van der Waals surface area contributed by atoms with Gasteiger partial charge in [0.25, 0.3) is 5.91 Å². The van der Waals surface area contributed by atoms with E-state index in [9.17, 15) is 14.4 Å². The molecule has 2 aliphatic rings. The number of carbonyl (C=O) groups is 3. The number of hydrogen-bond donors (Lipinski definition) is 3. The first-order chi connectivity index (χ1) is 14.0. The Kier molecular flexibility index (Phi) is 6.43. The van der Waals surface area contributed by atoms with Gasteiger partial charge in [-0.05, 0) is 42.1 Å². The predicted octanol–water partition coefficient (Wildman–Crippen LogP) is 2.55. The van der Waals surface area contributed by atoms with Crippen molar-refractivity contribution in [3.05, 3.63) is 65.2 Å². The van der Waals surface area contributed by atoms with Gasteiger partial charge in [0.1, 0.15) is 12.1 Å². The number of nitrogens with zero attached hydrogens (tertiary/aromatic N) is 1. The molecule has 1 aliphatic heterocycles. The van der Waals surface area contributed by atoms with Crippen LogP contribution in [0.3, 0.4) is 0 Å². The summed E-state index contributed by atoms with van der Waals surface area (Å²) in [6.45, 7) is 3.13. The molecule has 158 valence electrons. The van der Waals surface area contributed by atoms with Crippen molar-refractivity contribution in [3.63, 3.8) is 0 Å². The van der Waals surface area contributed by atoms with Gasteiger partial charge >= 0.3 is 6.03 Å². The van der Waals surface area contributed by atoms with Gasteiger partial charge in [-0.1, -0.05) is 49.4 Å². The third kappa shape index (κ3) is 3.78. The van der Waals surface area contributed by atoms with E-state index in [4.69, 9.17) is 0 Å². The molecule has 4 amide bonds. The third-order valence-electron chi connectivity index (χ3n) is 5.58. The van der Waals surface area contributed by atoms with E-state index in [1.807, 2.05) is 55.5 Å². The molecular formula is C22H25ClN4O3. The maximum atomic E-state index is 13.2. The lowest BCUT2D eigenvalue weighted by Crippen LogP contribution is -2.43. The van der Waals surface area contributed by atoms with E-state index in [0.717, 1.165) is 34.6 Å². The van der Waals surface area contributed by atoms with Crippen molar-refractivity contribution in [2.75, 3.05) is 18.4 Å². The zero-order valence-corrected chi connectivity index (χ0v) is 17.6. The standard InChI is InChI=1S/C22H24N4O3.ClH/c1-2-23-13-16-8-4-6-10-18(16)24-19(27)14-26-20(28)22(25-21(26)29)12-11-15-7-3-5-9-17(15)22;/h3-10,23H,2,11-14H2,1H3,(H,24,27)(H,25,29);1H. The van der Waals surface area contributed by atoms with Crippen LogP contribution >= 0.6 is 12.4 Å². The number of fused-ring (bicyclic) bond motifs is 2. The number of benzene rings is 2. The fraction of sp³-hybridized carbons (Fsp3) is 0.318. The molecule has 0 radical (unpaired) electrons. The first-order valence-electron chi connectivity index (χ1n) is 9.86. The molecule has 1 saturated heterocycles. The van der Waals surface area contributed by atoms with Crippen molar-refractivity contribution >= 4 is 35.9 Å². The number of para-hydroxylation sites is 1. The molecule has 2 aromatic rings. The van der Waals surface area contributed by atoms with Crippen LogP contribution in [0.2, 0.25) is 0 Å². The highest BCUT2D eigenvalue weighted by atomic mass is 35.5. The molecule has 0 saturated carbocycles. The molecule has 3 N–H and O–H groups in total. The number of anilines is 1. The monoisotopic (exact) mass is 428 g/mol. The maximum absolute atomic E-state index is 13.2. The Morgan fingerprint density at radius 2 is 1.87 bits per heavy atom. The van der Waals surface area contributed by atoms with Crippen molar-refractivity contribution < 1.29 is 14.4 Å². The molecule has 7 nitrogen and oxygen atoms in total. The number of urea groups is 1. The van der Waals surface area contributed by atoms with E-state index in [1.165, 1.54) is 0 Å². The molecule has 1 atom stereocenters. The van der Waals surface area contributed by atoms with Gasteiger partial charge in [-0.15, -0.1) is 12.4 Å². The highest BCUT2D eigenvalue weighted by Crippen LogP contribution is 2.41. The Balaban J connectivity index is 0.00000256. The van der Waals surface area contributed by atoms with Gasteiger partial charge in [-0.25, -0.2) is 4.79 Å². The highest BCUT2D eigenvalue weighted by Gasteiger charge is 2.55. The van der Waals surface area contributed by atoms with Gasteiger partial charge in [0.2, 0.25) is 5.91 Å². The molecule has 1 heterocycles. The third-order valence-corrected chi connectivity index (χ3v) is 5.58. The van der Waals surface area contributed by atoms with Crippen molar-refractivity contribution in [2.45, 2.75) is 31.8 Å². The lowest BCUT2D eigenvalue weighted by Gasteiger charge is -2.22. The quantitative estimate of drug-likeness (QED) is 0.617. The van der Waals surface area contributed by atoms with Crippen LogP contribution in [0.15, 0.2) is 48.5 Å². The lowest BCUT2D eigenvalue weighted by molar-refractivity contribution is -0.134. The van der Waals surface area contributed by atoms with Gasteiger partial charge in [0.15, 0.2) is 0 Å². The second kappa shape index (κ2) is 8.85. The van der Waals surface area contributed by atoms with Crippen molar-refractivity contribution in [3.8, 4) is 0 Å². The molecule has 1 unspecified atom stereocenters. The minimum absolute atomic E-state index is 0. The van der Waals surface area contributed by atoms with Crippen LogP contribution in [0.4, 0.5) is 10.5 Å². The van der Waals surface area contributed by atoms with Crippen LogP contribution in [0, 0.1) is 0 Å². The van der Waals surface area contributed by atoms with Crippen LogP contribution in [-0.2, 0) is 28.1 Å². The molecule has 8 heteroatoms. The zero-order valence-electron chi connectivity index (χ0n) is 16.7. The first-order valence-corrected chi connectivity index (χ1v) is 9.86. The van der Waals surface area contributed by atoms with Gasteiger partial charge in [0.05, 0.1) is 0 Å². The number of aryl methyl sites for hydroxylation is 1. The maximum Gasteiger partial charge on any atom is 0.325 e. The van der Waals surface area contributed by atoms with E-state index in [2.05, 4.69) is 16.0 Å². The summed E-state index contributed by atoms with van der Waals surface area (Å²) in [4.78, 5) is 39.4. The molecular weight excluding hydrogens is 404 g/mol. The van der Waals surface area contributed by atoms with Gasteiger partial charge in [-0.2, -0.15) is 0 Å². The van der Waals surface area contributed by atoms with Crippen LogP contribution in [0.1, 0.15) is 30.0 Å². The molecule has 30 heavy (non-hydrogen) atoms. The number of halogens is 1. The van der Waals surface area contributed by atoms with E-state index in [0.29, 0.717) is 18.7 Å². The second-order valence-electron chi connectivity index (χ2n) is 7.37. The van der Waals surface area contributed by atoms with Crippen LogP contribution in [0.25, 0.3) is 0 Å². The van der Waals surface area contributed by atoms with E-state index in [1.54, 1.807) is 0 Å². The highest BCUT2D eigenvalue weighted by molar-refractivity contribution is 6.11. The minimum atomic E-state index is -1.04. The lowest BCUT2D eigenvalue weighted by atomic mass is 9.92. The van der Waals surface area contributed by atoms with E-state index in [-0.39, 0.29) is 24.9 Å². The Labute approximate surface area is 181 Å². The van der Waals surface area contributed by atoms with E-state index >= 15 is 0 Å². The van der Waals surface area contributed by atoms with E-state index < -0.39 is 17.5 Å². The molecule has 2 aromatic carbocycles. The average molecular weight is 429 g/mol. The molecule has 1 spiro atoms. The number of rotatable bonds is 6. The van der Waals surface area contributed by atoms with Crippen molar-refractivity contribution in [1.29, 1.82) is 0 Å². The largest absolute Gasteiger partial charge is 0.325 e. The smallest absolute Gasteiger partial charge is 0.324 e. The Hall–Kier alpha value is -2.90. The molecule has 1 fully saturated rings. The summed E-state index contributed by atoms with van der Waals surface area (Å²) < 4.78 is 0. The fourth-order valence-electron chi connectivity index (χ4n) is 4.12. The molecule has 4 rings (SSSR count). The molecule has 0 bridgehead atoms. The summed E-state index contributed by atoms with van der Waals surface area (Å²) in [5.74, 6) is -0.760. The summed E-state index contributed by atoms with van der Waals surface area (Å²) in [6, 6.07) is 14.6. The average Bonchev–Trinajstić information content (AvgIpc) is 3.21. The Morgan fingerprint density at radius 3 is 2.67 bits per heavy atom. The first kappa shape index (κ1) is 21.8. The number of imide groups is 1. The van der Waals surface area contributed by atoms with Gasteiger partial charge < -0.3 is 16.0 Å². The normalized spacial score (nSPS) is 19.4. The number of nitrogens with one attached hydrogen (secondary N) is 3. The summed E-state index contributed by atoms with van der Waals surface area (Å²) in [6.07, 6.45) is 1.24. The van der Waals surface area contributed by atoms with Crippen molar-refractivity contribution in [1.82, 2.24) is 15.5 Å². The summed E-state index contributed by atoms with van der Waals surface area (Å²) in [5, 5.41) is 8.90.